The zero-order valence-electron chi connectivity index (χ0n) is 11.5. The van der Waals surface area contributed by atoms with Crippen molar-refractivity contribution in [2.24, 2.45) is 5.73 Å². The van der Waals surface area contributed by atoms with Gasteiger partial charge in [0.1, 0.15) is 0 Å². The lowest BCUT2D eigenvalue weighted by atomic mass is 10.2. The summed E-state index contributed by atoms with van der Waals surface area (Å²) in [4.78, 5) is 7.76. The molecular weight excluding hydrogens is 258 g/mol. The average Bonchev–Trinajstić information content (AvgIpc) is 2.82. The molecule has 102 valence electrons. The van der Waals surface area contributed by atoms with Crippen LogP contribution >= 0.6 is 11.3 Å². The van der Waals surface area contributed by atoms with Crippen LogP contribution < -0.4 is 10.6 Å². The Hall–Kier alpha value is -1.43. The molecule has 0 amide bonds. The van der Waals surface area contributed by atoms with Gasteiger partial charge in [0.2, 0.25) is 0 Å². The predicted octanol–water partition coefficient (Wildman–Crippen LogP) is 2.82. The van der Waals surface area contributed by atoms with Gasteiger partial charge in [-0.3, -0.25) is 0 Å². The third-order valence-electron chi connectivity index (χ3n) is 2.94. The van der Waals surface area contributed by atoms with E-state index in [0.717, 1.165) is 21.4 Å². The van der Waals surface area contributed by atoms with Gasteiger partial charge in [0.05, 0.1) is 12.3 Å². The highest BCUT2D eigenvalue weighted by Crippen LogP contribution is 2.30. The van der Waals surface area contributed by atoms with Gasteiger partial charge in [0, 0.05) is 31.3 Å². The van der Waals surface area contributed by atoms with E-state index in [0.29, 0.717) is 13.2 Å². The molecule has 2 rings (SSSR count). The number of nitrogens with zero attached hydrogens (tertiary/aromatic N) is 2. The average molecular weight is 277 g/mol. The molecule has 0 aliphatic heterocycles. The zero-order chi connectivity index (χ0) is 13.8. The number of rotatable bonds is 5. The van der Waals surface area contributed by atoms with Crippen LogP contribution in [-0.4, -0.2) is 19.1 Å². The highest BCUT2D eigenvalue weighted by molar-refractivity contribution is 7.15. The third-order valence-corrected chi connectivity index (χ3v) is 4.14. The topological polar surface area (TPSA) is 51.4 Å². The number of hydrogen-bond acceptors (Lipinski definition) is 5. The number of ether oxygens (including phenoxy) is 1. The Morgan fingerprint density at radius 3 is 2.58 bits per heavy atom. The molecule has 4 nitrogen and oxygen atoms in total. The van der Waals surface area contributed by atoms with Crippen LogP contribution in [-0.2, 0) is 17.9 Å². The second-order valence-electron chi connectivity index (χ2n) is 4.40. The van der Waals surface area contributed by atoms with E-state index in [-0.39, 0.29) is 0 Å². The van der Waals surface area contributed by atoms with E-state index in [9.17, 15) is 0 Å². The van der Waals surface area contributed by atoms with E-state index in [4.69, 9.17) is 10.5 Å². The summed E-state index contributed by atoms with van der Waals surface area (Å²) in [5.74, 6) is 0. The Kier molecular flexibility index (Phi) is 4.52. The van der Waals surface area contributed by atoms with Gasteiger partial charge in [-0.1, -0.05) is 29.0 Å². The molecular formula is C14H19N3OS. The van der Waals surface area contributed by atoms with E-state index in [1.807, 2.05) is 7.05 Å². The first-order chi connectivity index (χ1) is 9.15. The van der Waals surface area contributed by atoms with Crippen LogP contribution in [0.25, 0.3) is 0 Å². The van der Waals surface area contributed by atoms with Crippen molar-refractivity contribution < 1.29 is 4.74 Å². The normalized spacial score (nSPS) is 10.7. The number of hydrogen-bond donors (Lipinski definition) is 1. The molecule has 0 radical (unpaired) electrons. The Balaban J connectivity index is 2.28. The van der Waals surface area contributed by atoms with Crippen molar-refractivity contribution in [2.45, 2.75) is 20.1 Å². The Bertz CT molecular complexity index is 536. The molecule has 0 spiro atoms. The molecule has 1 heterocycles. The van der Waals surface area contributed by atoms with Crippen LogP contribution in [0.15, 0.2) is 24.3 Å². The Morgan fingerprint density at radius 2 is 2.00 bits per heavy atom. The highest BCUT2D eigenvalue weighted by atomic mass is 32.1. The quantitative estimate of drug-likeness (QED) is 0.913. The van der Waals surface area contributed by atoms with Gasteiger partial charge in [-0.05, 0) is 19.1 Å². The SMILES string of the molecule is COCc1nc(N(C)c2ccc(C)cc2)sc1CN. The first-order valence-corrected chi connectivity index (χ1v) is 6.95. The number of benzene rings is 1. The van der Waals surface area contributed by atoms with Crippen molar-refractivity contribution in [2.75, 3.05) is 19.1 Å². The largest absolute Gasteiger partial charge is 0.378 e. The minimum absolute atomic E-state index is 0.498. The first-order valence-electron chi connectivity index (χ1n) is 6.13. The van der Waals surface area contributed by atoms with Gasteiger partial charge in [-0.15, -0.1) is 0 Å². The lowest BCUT2D eigenvalue weighted by Crippen LogP contribution is -2.09. The number of methoxy groups -OCH3 is 1. The maximum absolute atomic E-state index is 5.75. The minimum atomic E-state index is 0.498. The third kappa shape index (κ3) is 3.12. The van der Waals surface area contributed by atoms with E-state index >= 15 is 0 Å². The fraction of sp³-hybridized carbons (Fsp3) is 0.357. The molecule has 0 aliphatic carbocycles. The van der Waals surface area contributed by atoms with Gasteiger partial charge >= 0.3 is 0 Å². The fourth-order valence-corrected chi connectivity index (χ4v) is 2.73. The summed E-state index contributed by atoms with van der Waals surface area (Å²) in [5.41, 5.74) is 9.05. The molecule has 2 N–H and O–H groups in total. The summed E-state index contributed by atoms with van der Waals surface area (Å²) in [6.07, 6.45) is 0. The first kappa shape index (κ1) is 14.0. The van der Waals surface area contributed by atoms with Crippen molar-refractivity contribution in [3.63, 3.8) is 0 Å². The Labute approximate surface area is 117 Å². The van der Waals surface area contributed by atoms with Gasteiger partial charge < -0.3 is 15.4 Å². The molecule has 0 unspecified atom stereocenters. The number of nitrogens with two attached hydrogens (primary N) is 1. The number of anilines is 2. The number of thiazole rings is 1. The van der Waals surface area contributed by atoms with Gasteiger partial charge in [-0.25, -0.2) is 4.98 Å². The second kappa shape index (κ2) is 6.14. The summed E-state index contributed by atoms with van der Waals surface area (Å²) in [6, 6.07) is 8.38. The molecule has 0 fully saturated rings. The van der Waals surface area contributed by atoms with Crippen molar-refractivity contribution >= 4 is 22.2 Å². The minimum Gasteiger partial charge on any atom is -0.378 e. The molecule has 1 aromatic carbocycles. The highest BCUT2D eigenvalue weighted by Gasteiger charge is 2.14. The van der Waals surface area contributed by atoms with E-state index in [2.05, 4.69) is 41.1 Å². The summed E-state index contributed by atoms with van der Waals surface area (Å²) in [6.45, 7) is 3.08. The summed E-state index contributed by atoms with van der Waals surface area (Å²) in [5, 5.41) is 0.941. The molecule has 0 saturated heterocycles. The van der Waals surface area contributed by atoms with Gasteiger partial charge in [-0.2, -0.15) is 0 Å². The van der Waals surface area contributed by atoms with E-state index in [1.165, 1.54) is 5.56 Å². The van der Waals surface area contributed by atoms with Crippen LogP contribution in [0, 0.1) is 6.92 Å². The number of aryl methyl sites for hydroxylation is 1. The van der Waals surface area contributed by atoms with Crippen molar-refractivity contribution in [1.82, 2.24) is 4.98 Å². The maximum atomic E-state index is 5.75. The molecule has 2 aromatic rings. The molecule has 0 saturated carbocycles. The molecule has 1 aromatic heterocycles. The number of aromatic nitrogens is 1. The van der Waals surface area contributed by atoms with Crippen LogP contribution in [0.1, 0.15) is 16.1 Å². The smallest absolute Gasteiger partial charge is 0.190 e. The van der Waals surface area contributed by atoms with Crippen LogP contribution in [0.3, 0.4) is 0 Å². The van der Waals surface area contributed by atoms with Crippen molar-refractivity contribution in [3.8, 4) is 0 Å². The van der Waals surface area contributed by atoms with Crippen molar-refractivity contribution in [1.29, 1.82) is 0 Å². The standard InChI is InChI=1S/C14H19N3OS/c1-10-4-6-11(7-5-10)17(2)14-16-12(9-18-3)13(8-15)19-14/h4-7H,8-9,15H2,1-3H3. The van der Waals surface area contributed by atoms with E-state index < -0.39 is 0 Å². The summed E-state index contributed by atoms with van der Waals surface area (Å²) >= 11 is 1.62. The fourth-order valence-electron chi connectivity index (χ4n) is 1.80. The van der Waals surface area contributed by atoms with Crippen LogP contribution in [0.2, 0.25) is 0 Å². The lowest BCUT2D eigenvalue weighted by Gasteiger charge is -2.15. The molecule has 0 bridgehead atoms. The summed E-state index contributed by atoms with van der Waals surface area (Å²) < 4.78 is 5.15. The molecule has 0 aliphatic rings. The molecule has 0 atom stereocenters. The molecule has 19 heavy (non-hydrogen) atoms. The molecule has 5 heteroatoms. The monoisotopic (exact) mass is 277 g/mol. The van der Waals surface area contributed by atoms with E-state index in [1.54, 1.807) is 18.4 Å². The Morgan fingerprint density at radius 1 is 1.32 bits per heavy atom. The van der Waals surface area contributed by atoms with Crippen LogP contribution in [0.5, 0.6) is 0 Å². The van der Waals surface area contributed by atoms with Gasteiger partial charge in [0.25, 0.3) is 0 Å². The van der Waals surface area contributed by atoms with Crippen LogP contribution in [0.4, 0.5) is 10.8 Å². The predicted molar refractivity (Wildman–Crippen MR) is 80.0 cm³/mol. The lowest BCUT2D eigenvalue weighted by molar-refractivity contribution is 0.181. The summed E-state index contributed by atoms with van der Waals surface area (Å²) in [7, 11) is 3.68. The van der Waals surface area contributed by atoms with Gasteiger partial charge in [0.15, 0.2) is 5.13 Å². The maximum Gasteiger partial charge on any atom is 0.190 e. The second-order valence-corrected chi connectivity index (χ2v) is 5.46. The van der Waals surface area contributed by atoms with Crippen molar-refractivity contribution in [3.05, 3.63) is 40.4 Å². The zero-order valence-corrected chi connectivity index (χ0v) is 12.3.